The topological polar surface area (TPSA) is 57.4 Å². The van der Waals surface area contributed by atoms with Gasteiger partial charge in [0.2, 0.25) is 0 Å². The van der Waals surface area contributed by atoms with Crippen LogP contribution in [0.3, 0.4) is 0 Å². The number of aromatic amines is 2. The van der Waals surface area contributed by atoms with Gasteiger partial charge in [-0.25, -0.2) is 27.5 Å². The van der Waals surface area contributed by atoms with Gasteiger partial charge in [-0.05, 0) is 162 Å². The molecular formula is C76H42F4N4. The van der Waals surface area contributed by atoms with Gasteiger partial charge in [-0.15, -0.1) is 0 Å². The Morgan fingerprint density at radius 3 is 0.655 bits per heavy atom. The minimum atomic E-state index is -0.440. The molecule has 8 heteroatoms. The van der Waals surface area contributed by atoms with Crippen LogP contribution in [0.2, 0.25) is 0 Å². The molecule has 2 aliphatic heterocycles. The predicted molar refractivity (Wildman–Crippen MR) is 336 cm³/mol. The second-order valence-electron chi connectivity index (χ2n) is 21.9. The van der Waals surface area contributed by atoms with E-state index in [2.05, 4.69) is 107 Å². The molecule has 84 heavy (non-hydrogen) atoms. The van der Waals surface area contributed by atoms with Gasteiger partial charge in [0, 0.05) is 66.1 Å². The molecule has 0 amide bonds. The van der Waals surface area contributed by atoms with Crippen LogP contribution in [0.25, 0.3) is 176 Å². The average molecular weight is 1090 g/mol. The molecular weight excluding hydrogens is 1040 g/mol. The number of nitrogens with zero attached hydrogens (tertiary/aromatic N) is 2. The molecule has 2 N–H and O–H groups in total. The van der Waals surface area contributed by atoms with Gasteiger partial charge < -0.3 is 9.97 Å². The summed E-state index contributed by atoms with van der Waals surface area (Å²) in [6, 6.07) is 76.2. The van der Waals surface area contributed by atoms with Crippen molar-refractivity contribution in [3.8, 4) is 89.5 Å². The molecule has 12 aromatic carbocycles. The number of halogens is 4. The van der Waals surface area contributed by atoms with E-state index >= 15 is 17.6 Å². The molecule has 0 fully saturated rings. The number of aromatic nitrogens is 4. The van der Waals surface area contributed by atoms with Gasteiger partial charge in [-0.2, -0.15) is 0 Å². The Labute approximate surface area is 477 Å². The van der Waals surface area contributed by atoms with Crippen LogP contribution >= 0.6 is 0 Å². The van der Waals surface area contributed by atoms with Crippen molar-refractivity contribution in [2.24, 2.45) is 0 Å². The van der Waals surface area contributed by atoms with E-state index in [0.717, 1.165) is 86.9 Å². The number of fused-ring (bicyclic) bond motifs is 4. The molecule has 0 radical (unpaired) electrons. The lowest BCUT2D eigenvalue weighted by Crippen LogP contribution is -1.89. The summed E-state index contributed by atoms with van der Waals surface area (Å²) in [5.74, 6) is -1.76. The van der Waals surface area contributed by atoms with Crippen molar-refractivity contribution in [2.45, 2.75) is 0 Å². The van der Waals surface area contributed by atoms with Gasteiger partial charge in [0.25, 0.3) is 0 Å². The van der Waals surface area contributed by atoms with Gasteiger partial charge >= 0.3 is 0 Å². The van der Waals surface area contributed by atoms with Gasteiger partial charge in [0.15, 0.2) is 0 Å². The van der Waals surface area contributed by atoms with E-state index in [9.17, 15) is 0 Å². The van der Waals surface area contributed by atoms with Crippen LogP contribution in [0.4, 0.5) is 17.6 Å². The van der Waals surface area contributed by atoms with E-state index in [-0.39, 0.29) is 0 Å². The van der Waals surface area contributed by atoms with Crippen molar-refractivity contribution in [3.05, 3.63) is 266 Å². The van der Waals surface area contributed by atoms with E-state index in [0.29, 0.717) is 89.4 Å². The first-order valence-corrected chi connectivity index (χ1v) is 27.9. The van der Waals surface area contributed by atoms with Crippen LogP contribution < -0.4 is 0 Å². The second kappa shape index (κ2) is 18.3. The third-order valence-corrected chi connectivity index (χ3v) is 17.0. The van der Waals surface area contributed by atoms with E-state index < -0.39 is 23.3 Å². The molecule has 1 aliphatic carbocycles. The summed E-state index contributed by atoms with van der Waals surface area (Å²) in [6.07, 6.45) is 0. The minimum Gasteiger partial charge on any atom is -0.353 e. The quantitative estimate of drug-likeness (QED) is 0.173. The van der Waals surface area contributed by atoms with Crippen molar-refractivity contribution < 1.29 is 17.6 Å². The van der Waals surface area contributed by atoms with Crippen molar-refractivity contribution in [1.29, 1.82) is 0 Å². The molecule has 0 saturated carbocycles. The Hall–Kier alpha value is -11.0. The van der Waals surface area contributed by atoms with Crippen molar-refractivity contribution in [3.63, 3.8) is 0 Å². The molecule has 4 nitrogen and oxygen atoms in total. The minimum absolute atomic E-state index is 0.440. The van der Waals surface area contributed by atoms with E-state index in [1.807, 2.05) is 72.8 Å². The summed E-state index contributed by atoms with van der Waals surface area (Å²) in [4.78, 5) is 19.8. The Kier molecular flexibility index (Phi) is 10.4. The van der Waals surface area contributed by atoms with Crippen LogP contribution in [0.5, 0.6) is 0 Å². The van der Waals surface area contributed by atoms with Gasteiger partial charge in [0.1, 0.15) is 23.3 Å². The lowest BCUT2D eigenvalue weighted by atomic mass is 9.91. The largest absolute Gasteiger partial charge is 0.353 e. The summed E-state index contributed by atoms with van der Waals surface area (Å²) in [5.41, 5.74) is 12.5. The van der Waals surface area contributed by atoms with Crippen molar-refractivity contribution >= 4 is 86.7 Å². The second-order valence-corrected chi connectivity index (χ2v) is 21.9. The lowest BCUT2D eigenvalue weighted by molar-refractivity contribution is 0.628. The first-order chi connectivity index (χ1) is 41.2. The monoisotopic (exact) mass is 1090 g/mol. The fourth-order valence-electron chi connectivity index (χ4n) is 13.3. The van der Waals surface area contributed by atoms with Gasteiger partial charge in [-0.3, -0.25) is 0 Å². The first-order valence-electron chi connectivity index (χ1n) is 27.9. The zero-order chi connectivity index (χ0) is 55.9. The zero-order valence-electron chi connectivity index (χ0n) is 44.5. The third kappa shape index (κ3) is 7.40. The summed E-state index contributed by atoms with van der Waals surface area (Å²) in [5, 5.41) is 10.9. The fourth-order valence-corrected chi connectivity index (χ4v) is 13.3. The van der Waals surface area contributed by atoms with Crippen LogP contribution in [0.1, 0.15) is 0 Å². The summed E-state index contributed by atoms with van der Waals surface area (Å²) >= 11 is 0. The number of nitrogens with one attached hydrogen (secondary N) is 2. The van der Waals surface area contributed by atoms with Crippen molar-refractivity contribution in [1.82, 2.24) is 19.9 Å². The average Bonchev–Trinajstić information content (AvgIpc) is 2.53. The van der Waals surface area contributed by atoms with Gasteiger partial charge in [-0.1, -0.05) is 146 Å². The Bertz CT molecular complexity index is 4900. The maximum absolute atomic E-state index is 16.3. The maximum atomic E-state index is 16.3. The maximum Gasteiger partial charge on any atom is 0.123 e. The summed E-state index contributed by atoms with van der Waals surface area (Å²) in [7, 11) is 0. The highest BCUT2D eigenvalue weighted by molar-refractivity contribution is 6.25. The normalized spacial score (nSPS) is 12.0. The SMILES string of the molecule is Fc1cccc(-c2c3nc(c(-c4cccc(F)c4)c4[nH]c(c(-c5cccc(F)c5)c5nc(c(-c6cccc(F)c6)c6[nH]c2c2cc7ccccc7cc62)-c2cc6ccccc6cc2-5)c2cc5ccccc5cc42)-c2cc4ccccc4cc2-3)c1. The molecule has 0 atom stereocenters. The highest BCUT2D eigenvalue weighted by atomic mass is 19.1. The van der Waals surface area contributed by atoms with E-state index in [4.69, 9.17) is 9.97 Å². The van der Waals surface area contributed by atoms with E-state index in [1.54, 1.807) is 48.5 Å². The highest BCUT2D eigenvalue weighted by Crippen LogP contribution is 2.54. The standard InChI is InChI=1S/C76H42F4N4/c77-53-25-9-21-49(29-53)65-69-57-33-41-13-1-2-14-42(41)34-58(57)70(81-69)66(50-22-10-26-54(78)30-50)72-61-37-45-17-5-6-18-46(45)38-62(61)74(83-72)68(52-24-12-28-56(80)32-52)76-64-40-48-20-8-7-19-47(48)39-63(64)75(84-76)67(51-23-11-27-55(79)31-51)73-60-36-44-16-4-3-15-43(44)35-59(60)71(65)82-73/h1-40,81,84H. The molecule has 0 saturated heterocycles. The molecule has 0 spiro atoms. The molecule has 2 aromatic heterocycles. The lowest BCUT2D eigenvalue weighted by Gasteiger charge is -2.11. The Morgan fingerprint density at radius 1 is 0.226 bits per heavy atom. The number of hydrogen-bond acceptors (Lipinski definition) is 2. The Morgan fingerprint density at radius 2 is 0.440 bits per heavy atom. The number of H-pyrrole nitrogens is 2. The van der Waals surface area contributed by atoms with Gasteiger partial charge in [0.05, 0.1) is 44.8 Å². The van der Waals surface area contributed by atoms with E-state index in [1.165, 1.54) is 24.3 Å². The number of benzene rings is 12. The van der Waals surface area contributed by atoms with Crippen LogP contribution in [0.15, 0.2) is 243 Å². The van der Waals surface area contributed by atoms with Crippen LogP contribution in [-0.4, -0.2) is 19.9 Å². The van der Waals surface area contributed by atoms with Crippen LogP contribution in [0, 0.1) is 23.3 Å². The molecule has 0 unspecified atom stereocenters. The molecule has 14 aromatic rings. The third-order valence-electron chi connectivity index (χ3n) is 17.0. The predicted octanol–water partition coefficient (Wildman–Crippen LogP) is 21.1. The summed E-state index contributed by atoms with van der Waals surface area (Å²) in [6.45, 7) is 0. The molecule has 3 aliphatic rings. The molecule has 8 bridgehead atoms. The summed E-state index contributed by atoms with van der Waals surface area (Å²) < 4.78 is 65.4. The Balaban J connectivity index is 1.24. The highest BCUT2D eigenvalue weighted by Gasteiger charge is 2.31. The van der Waals surface area contributed by atoms with Crippen LogP contribution in [-0.2, 0) is 0 Å². The fraction of sp³-hybridized carbons (Fsp3) is 0. The molecule has 4 heterocycles. The molecule has 394 valence electrons. The number of rotatable bonds is 4. The zero-order valence-corrected chi connectivity index (χ0v) is 44.5. The smallest absolute Gasteiger partial charge is 0.123 e. The van der Waals surface area contributed by atoms with Crippen molar-refractivity contribution in [2.75, 3.05) is 0 Å². The first kappa shape index (κ1) is 47.8. The number of hydrogen-bond donors (Lipinski definition) is 2. The molecule has 17 rings (SSSR count).